The van der Waals surface area contributed by atoms with Crippen molar-refractivity contribution in [3.63, 3.8) is 0 Å². The van der Waals surface area contributed by atoms with E-state index in [9.17, 15) is 5.11 Å². The number of fused-ring (bicyclic) bond motifs is 4. The number of allylic oxidation sites excluding steroid dienone is 13. The van der Waals surface area contributed by atoms with E-state index in [1.165, 1.54) is 11.1 Å². The van der Waals surface area contributed by atoms with E-state index in [1.807, 2.05) is 62.4 Å². The highest BCUT2D eigenvalue weighted by atomic mass is 16.3. The number of nitrogens with one attached hydrogen (secondary N) is 1. The van der Waals surface area contributed by atoms with Crippen molar-refractivity contribution in [2.24, 2.45) is 5.92 Å². The van der Waals surface area contributed by atoms with Crippen molar-refractivity contribution in [3.8, 4) is 5.75 Å². The monoisotopic (exact) mass is 579 g/mol. The Bertz CT molecular complexity index is 1890. The zero-order valence-corrected chi connectivity index (χ0v) is 25.9. The van der Waals surface area contributed by atoms with Crippen LogP contribution in [0.15, 0.2) is 138 Å². The van der Waals surface area contributed by atoms with Gasteiger partial charge in [-0.25, -0.2) is 0 Å². The van der Waals surface area contributed by atoms with Crippen molar-refractivity contribution in [1.82, 2.24) is 0 Å². The molecule has 44 heavy (non-hydrogen) atoms. The first-order valence-corrected chi connectivity index (χ1v) is 15.3. The van der Waals surface area contributed by atoms with Gasteiger partial charge in [-0.15, -0.1) is 0 Å². The van der Waals surface area contributed by atoms with Crippen LogP contribution in [0.3, 0.4) is 0 Å². The van der Waals surface area contributed by atoms with Gasteiger partial charge in [0.1, 0.15) is 11.5 Å². The molecule has 1 atom stereocenters. The van der Waals surface area contributed by atoms with Gasteiger partial charge >= 0.3 is 0 Å². The maximum Gasteiger partial charge on any atom is 0.158 e. The van der Waals surface area contributed by atoms with Crippen LogP contribution in [-0.4, -0.2) is 5.11 Å². The summed E-state index contributed by atoms with van der Waals surface area (Å²) >= 11 is 0. The lowest BCUT2D eigenvalue weighted by Gasteiger charge is -2.18. The molecule has 0 amide bonds. The molecule has 0 spiro atoms. The van der Waals surface area contributed by atoms with Gasteiger partial charge in [-0.1, -0.05) is 123 Å². The fraction of sp³-hybridized carbons (Fsp3) is 0.171. The van der Waals surface area contributed by atoms with Gasteiger partial charge in [0, 0.05) is 33.9 Å². The predicted molar refractivity (Wildman–Crippen MR) is 190 cm³/mol. The molecular weight excluding hydrogens is 538 g/mol. The molecule has 2 aliphatic carbocycles. The SMILES string of the molecule is C=C(/C=C1/C=CC=CC1CC)c1c(O)cc(Nc2cccc3c4c(oc23)C=CCC4)c2ccccc12.C=C(C)/C=C\C=C/C. The summed E-state index contributed by atoms with van der Waals surface area (Å²) in [7, 11) is 0. The van der Waals surface area contributed by atoms with E-state index in [-0.39, 0.29) is 5.75 Å². The minimum atomic E-state index is 0.204. The predicted octanol–water partition coefficient (Wildman–Crippen LogP) is 11.8. The van der Waals surface area contributed by atoms with Gasteiger partial charge in [0.05, 0.1) is 11.4 Å². The number of aryl methyl sites for hydroxylation is 1. The fourth-order valence-electron chi connectivity index (χ4n) is 5.78. The van der Waals surface area contributed by atoms with Crippen molar-refractivity contribution in [2.75, 3.05) is 5.32 Å². The Morgan fingerprint density at radius 1 is 1.00 bits per heavy atom. The molecule has 0 saturated heterocycles. The third-order valence-corrected chi connectivity index (χ3v) is 7.93. The summed E-state index contributed by atoms with van der Waals surface area (Å²) in [5.74, 6) is 1.50. The number of para-hydroxylation sites is 1. The summed E-state index contributed by atoms with van der Waals surface area (Å²) in [4.78, 5) is 0. The number of anilines is 2. The molecule has 222 valence electrons. The maximum absolute atomic E-state index is 11.2. The topological polar surface area (TPSA) is 45.4 Å². The molecule has 6 rings (SSSR count). The molecule has 3 heteroatoms. The number of phenols is 1. The highest BCUT2D eigenvalue weighted by Gasteiger charge is 2.19. The van der Waals surface area contributed by atoms with Crippen LogP contribution in [0.5, 0.6) is 5.75 Å². The molecule has 1 aromatic heterocycles. The normalized spacial score (nSPS) is 16.5. The van der Waals surface area contributed by atoms with E-state index in [1.54, 1.807) is 6.07 Å². The standard InChI is InChI=1S/C33H29NO2.C8H12/c1-3-22-11-4-5-12-23(22)19-21(2)32-26-15-7-6-13-24(26)29(20-30(32)35)34-28-17-10-16-27-25-14-8-9-18-31(25)36-33(27)28;1-4-5-6-7-8(2)3/h4-7,9-13,15-20,22,34-35H,2-3,8,14H2,1H3;4-7H,2H2,1,3H3/b23-19-;5-4-,7-6-. The van der Waals surface area contributed by atoms with E-state index in [0.29, 0.717) is 5.92 Å². The number of hydrogen-bond acceptors (Lipinski definition) is 3. The Hall–Kier alpha value is -5.02. The summed E-state index contributed by atoms with van der Waals surface area (Å²) < 4.78 is 6.26. The number of phenolic OH excluding ortho intramolecular Hbond substituents is 1. The van der Waals surface area contributed by atoms with Crippen LogP contribution in [0.25, 0.3) is 33.4 Å². The lowest BCUT2D eigenvalue weighted by atomic mass is 9.88. The van der Waals surface area contributed by atoms with Crippen LogP contribution in [0.1, 0.15) is 50.5 Å². The smallest absolute Gasteiger partial charge is 0.158 e. The molecule has 2 aliphatic rings. The number of hydrogen-bond donors (Lipinski definition) is 2. The molecule has 2 N–H and O–H groups in total. The van der Waals surface area contributed by atoms with Crippen LogP contribution in [0.2, 0.25) is 0 Å². The minimum absolute atomic E-state index is 0.204. The second kappa shape index (κ2) is 14.0. The molecule has 3 nitrogen and oxygen atoms in total. The maximum atomic E-state index is 11.2. The molecule has 1 unspecified atom stereocenters. The average molecular weight is 580 g/mol. The lowest BCUT2D eigenvalue weighted by molar-refractivity contribution is 0.475. The largest absolute Gasteiger partial charge is 0.507 e. The van der Waals surface area contributed by atoms with Gasteiger partial charge in [0.2, 0.25) is 0 Å². The number of rotatable bonds is 7. The molecule has 1 heterocycles. The molecule has 3 aromatic carbocycles. The van der Waals surface area contributed by atoms with E-state index < -0.39 is 0 Å². The summed E-state index contributed by atoms with van der Waals surface area (Å²) in [5, 5.41) is 17.9. The van der Waals surface area contributed by atoms with Crippen LogP contribution in [0.4, 0.5) is 11.4 Å². The molecule has 0 saturated carbocycles. The van der Waals surface area contributed by atoms with Gasteiger partial charge in [-0.3, -0.25) is 0 Å². The first kappa shape index (κ1) is 30.4. The highest BCUT2D eigenvalue weighted by Crippen LogP contribution is 2.42. The van der Waals surface area contributed by atoms with Gasteiger partial charge < -0.3 is 14.8 Å². The lowest BCUT2D eigenvalue weighted by Crippen LogP contribution is -2.01. The molecule has 0 radical (unpaired) electrons. The van der Waals surface area contributed by atoms with Crippen LogP contribution in [0, 0.1) is 5.92 Å². The first-order valence-electron chi connectivity index (χ1n) is 15.3. The zero-order valence-electron chi connectivity index (χ0n) is 25.9. The van der Waals surface area contributed by atoms with Crippen molar-refractivity contribution in [2.45, 2.75) is 40.0 Å². The molecule has 0 bridgehead atoms. The Morgan fingerprint density at radius 2 is 1.80 bits per heavy atom. The van der Waals surface area contributed by atoms with Crippen molar-refractivity contribution in [1.29, 1.82) is 0 Å². The molecule has 0 aliphatic heterocycles. The van der Waals surface area contributed by atoms with Crippen LogP contribution >= 0.6 is 0 Å². The first-order chi connectivity index (χ1) is 21.4. The molecule has 0 fully saturated rings. The van der Waals surface area contributed by atoms with Crippen LogP contribution < -0.4 is 5.32 Å². The Balaban J connectivity index is 0.000000426. The van der Waals surface area contributed by atoms with E-state index >= 15 is 0 Å². The zero-order chi connectivity index (χ0) is 31.1. The van der Waals surface area contributed by atoms with E-state index in [4.69, 9.17) is 4.42 Å². The summed E-state index contributed by atoms with van der Waals surface area (Å²) in [5.41, 5.74) is 7.69. The third-order valence-electron chi connectivity index (χ3n) is 7.93. The quantitative estimate of drug-likeness (QED) is 0.214. The van der Waals surface area contributed by atoms with E-state index in [2.05, 4.69) is 86.1 Å². The van der Waals surface area contributed by atoms with Crippen molar-refractivity contribution in [3.05, 3.63) is 150 Å². The average Bonchev–Trinajstić information content (AvgIpc) is 3.41. The Morgan fingerprint density at radius 3 is 2.57 bits per heavy atom. The second-order valence-electron chi connectivity index (χ2n) is 11.2. The van der Waals surface area contributed by atoms with E-state index in [0.717, 1.165) is 74.8 Å². The summed E-state index contributed by atoms with van der Waals surface area (Å²) in [6.45, 7) is 14.2. The number of aromatic hydroxyl groups is 1. The Kier molecular flexibility index (Phi) is 9.66. The van der Waals surface area contributed by atoms with Gasteiger partial charge in [-0.05, 0) is 61.8 Å². The molecular formula is C41H41NO2. The van der Waals surface area contributed by atoms with Crippen molar-refractivity contribution >= 4 is 44.8 Å². The molecule has 4 aromatic rings. The highest BCUT2D eigenvalue weighted by molar-refractivity contribution is 6.06. The van der Waals surface area contributed by atoms with Crippen molar-refractivity contribution < 1.29 is 9.52 Å². The Labute approximate surface area is 261 Å². The van der Waals surface area contributed by atoms with Gasteiger partial charge in [0.15, 0.2) is 5.58 Å². The number of furan rings is 1. The number of benzene rings is 3. The summed E-state index contributed by atoms with van der Waals surface area (Å²) in [6, 6.07) is 16.2. The third kappa shape index (κ3) is 6.63. The fourth-order valence-corrected chi connectivity index (χ4v) is 5.78. The minimum Gasteiger partial charge on any atom is -0.507 e. The second-order valence-corrected chi connectivity index (χ2v) is 11.2. The summed E-state index contributed by atoms with van der Waals surface area (Å²) in [6.07, 6.45) is 25.8. The van der Waals surface area contributed by atoms with Gasteiger partial charge in [0.25, 0.3) is 0 Å². The van der Waals surface area contributed by atoms with Crippen LogP contribution in [-0.2, 0) is 6.42 Å². The van der Waals surface area contributed by atoms with Gasteiger partial charge in [-0.2, -0.15) is 0 Å².